The summed E-state index contributed by atoms with van der Waals surface area (Å²) >= 11 is 0. The average molecular weight is 201 g/mol. The molecule has 0 unspecified atom stereocenters. The van der Waals surface area contributed by atoms with Gasteiger partial charge < -0.3 is 0 Å². The molecule has 1 heterocycles. The molecule has 0 aromatic carbocycles. The Morgan fingerprint density at radius 1 is 0.929 bits per heavy atom. The van der Waals surface area contributed by atoms with E-state index in [2.05, 4.69) is 46.6 Å². The van der Waals surface area contributed by atoms with Crippen LogP contribution in [0.5, 0.6) is 0 Å². The van der Waals surface area contributed by atoms with Gasteiger partial charge in [0.1, 0.15) is 0 Å². The highest BCUT2D eigenvalue weighted by Gasteiger charge is 2.41. The van der Waals surface area contributed by atoms with E-state index in [9.17, 15) is 0 Å². The third kappa shape index (κ3) is 2.98. The quantitative estimate of drug-likeness (QED) is 0.568. The lowest BCUT2D eigenvalue weighted by molar-refractivity contribution is -0.0255. The first kappa shape index (κ1) is 16.4. The summed E-state index contributed by atoms with van der Waals surface area (Å²) in [5, 5.41) is 0. The number of nitrogens with zero attached hydrogens (tertiary/aromatic N) is 1. The first-order chi connectivity index (χ1) is 5.26. The van der Waals surface area contributed by atoms with Crippen LogP contribution < -0.4 is 0 Å². The van der Waals surface area contributed by atoms with E-state index in [-0.39, 0.29) is 14.9 Å². The summed E-state index contributed by atoms with van der Waals surface area (Å²) in [6.45, 7) is 11.8. The Hall–Kier alpha value is -0.0400. The number of rotatable bonds is 0. The summed E-state index contributed by atoms with van der Waals surface area (Å²) in [6.07, 6.45) is 2.65. The van der Waals surface area contributed by atoms with E-state index in [1.165, 1.54) is 12.8 Å². The molecule has 1 rings (SSSR count). The fraction of sp³-hybridized carbons (Fsp3) is 1.00. The van der Waals surface area contributed by atoms with Gasteiger partial charge in [0.2, 0.25) is 0 Å². The second-order valence-electron chi connectivity index (χ2n) is 5.70. The molecular weight excluding hydrogens is 170 g/mol. The summed E-state index contributed by atoms with van der Waals surface area (Å²) in [7, 11) is 2.26. The maximum atomic E-state index is 2.53. The first-order valence-electron chi connectivity index (χ1n) is 5.00. The molecule has 0 radical (unpaired) electrons. The van der Waals surface area contributed by atoms with E-state index in [4.69, 9.17) is 0 Å². The fourth-order valence-electron chi connectivity index (χ4n) is 2.87. The van der Waals surface area contributed by atoms with Crippen molar-refractivity contribution in [3.8, 4) is 0 Å². The van der Waals surface area contributed by atoms with Gasteiger partial charge in [-0.3, -0.25) is 4.90 Å². The maximum Gasteiger partial charge on any atom is 0.0158 e. The van der Waals surface area contributed by atoms with E-state index in [1.807, 2.05) is 0 Å². The van der Waals surface area contributed by atoms with Gasteiger partial charge in [0.15, 0.2) is 0 Å². The number of hydrogen-bond donors (Lipinski definition) is 0. The van der Waals surface area contributed by atoms with Crippen molar-refractivity contribution in [1.82, 2.24) is 4.90 Å². The average Bonchev–Trinajstić information content (AvgIpc) is 1.80. The molecule has 1 fully saturated rings. The highest BCUT2D eigenvalue weighted by atomic mass is 15.2. The molecule has 0 amide bonds. The second kappa shape index (κ2) is 4.65. The first-order valence-corrected chi connectivity index (χ1v) is 5.00. The van der Waals surface area contributed by atoms with Crippen LogP contribution in [0.4, 0.5) is 0 Å². The largest absolute Gasteiger partial charge is 0.296 e. The Kier molecular flexibility index (Phi) is 5.45. The Labute approximate surface area is 91.9 Å². The van der Waals surface area contributed by atoms with Crippen molar-refractivity contribution in [3.05, 3.63) is 0 Å². The normalized spacial score (nSPS) is 26.1. The van der Waals surface area contributed by atoms with Gasteiger partial charge in [0.25, 0.3) is 0 Å². The monoisotopic (exact) mass is 201 g/mol. The van der Waals surface area contributed by atoms with Crippen molar-refractivity contribution in [3.63, 3.8) is 0 Å². The highest BCUT2D eigenvalue weighted by molar-refractivity contribution is 4.96. The zero-order chi connectivity index (χ0) is 9.57. The fourth-order valence-corrected chi connectivity index (χ4v) is 2.87. The van der Waals surface area contributed by atoms with Gasteiger partial charge in [0, 0.05) is 11.1 Å². The summed E-state index contributed by atoms with van der Waals surface area (Å²) < 4.78 is 0. The number of hydrogen-bond acceptors (Lipinski definition) is 1. The van der Waals surface area contributed by atoms with Gasteiger partial charge in [-0.15, -0.1) is 0 Å². The third-order valence-corrected chi connectivity index (χ3v) is 3.51. The van der Waals surface area contributed by atoms with Crippen molar-refractivity contribution in [2.45, 2.75) is 73.4 Å². The summed E-state index contributed by atoms with van der Waals surface area (Å²) in [5.41, 5.74) is 0.752. The lowest BCUT2D eigenvalue weighted by Gasteiger charge is -2.53. The molecule has 1 aliphatic rings. The van der Waals surface area contributed by atoms with Crippen LogP contribution in [0.15, 0.2) is 0 Å². The van der Waals surface area contributed by atoms with Crippen LogP contribution in [0.25, 0.3) is 0 Å². The van der Waals surface area contributed by atoms with E-state index in [1.54, 1.807) is 0 Å². The summed E-state index contributed by atoms with van der Waals surface area (Å²) in [6, 6.07) is 0. The molecule has 88 valence electrons. The smallest absolute Gasteiger partial charge is 0.0158 e. The van der Waals surface area contributed by atoms with E-state index in [0.717, 1.165) is 5.92 Å². The van der Waals surface area contributed by atoms with Gasteiger partial charge >= 0.3 is 0 Å². The molecule has 1 saturated heterocycles. The minimum Gasteiger partial charge on any atom is -0.296 e. The standard InChI is InChI=1S/C11H23N.2CH4/c1-9-7-10(2,3)12(6)11(4,5)8-9;;/h9H,7-8H2,1-6H3;2*1H4. The van der Waals surface area contributed by atoms with Crippen LogP contribution in [0.1, 0.15) is 62.3 Å². The van der Waals surface area contributed by atoms with Gasteiger partial charge in [-0.25, -0.2) is 0 Å². The second-order valence-corrected chi connectivity index (χ2v) is 5.70. The van der Waals surface area contributed by atoms with Gasteiger partial charge in [-0.1, -0.05) is 21.8 Å². The molecule has 0 spiro atoms. The molecule has 0 atom stereocenters. The Balaban J connectivity index is 0. The van der Waals surface area contributed by atoms with Gasteiger partial charge in [-0.2, -0.15) is 0 Å². The van der Waals surface area contributed by atoms with E-state index >= 15 is 0 Å². The SMILES string of the molecule is C.C.CC1CC(C)(C)N(C)C(C)(C)C1. The molecular formula is C13H31N. The molecule has 0 saturated carbocycles. The molecule has 1 heteroatoms. The topological polar surface area (TPSA) is 3.24 Å². The Morgan fingerprint density at radius 3 is 1.50 bits per heavy atom. The maximum absolute atomic E-state index is 2.53. The van der Waals surface area contributed by atoms with Crippen LogP contribution in [-0.4, -0.2) is 23.0 Å². The minimum atomic E-state index is 0. The van der Waals surface area contributed by atoms with E-state index < -0.39 is 0 Å². The molecule has 0 aliphatic carbocycles. The molecule has 1 aliphatic heterocycles. The zero-order valence-corrected chi connectivity index (χ0v) is 9.44. The summed E-state index contributed by atoms with van der Waals surface area (Å²) in [5.74, 6) is 0.867. The molecule has 14 heavy (non-hydrogen) atoms. The lowest BCUT2D eigenvalue weighted by atomic mass is 9.75. The van der Waals surface area contributed by atoms with Crippen molar-refractivity contribution in [2.24, 2.45) is 5.92 Å². The van der Waals surface area contributed by atoms with Gasteiger partial charge in [-0.05, 0) is 53.5 Å². The molecule has 0 aromatic heterocycles. The number of likely N-dealkylation sites (tertiary alicyclic amines) is 1. The van der Waals surface area contributed by atoms with E-state index in [0.29, 0.717) is 11.1 Å². The molecule has 0 aromatic rings. The molecule has 1 nitrogen and oxygen atoms in total. The predicted octanol–water partition coefficient (Wildman–Crippen LogP) is 4.18. The Morgan fingerprint density at radius 2 is 1.21 bits per heavy atom. The van der Waals surface area contributed by atoms with Crippen LogP contribution >= 0.6 is 0 Å². The van der Waals surface area contributed by atoms with Crippen molar-refractivity contribution in [1.29, 1.82) is 0 Å². The Bertz CT molecular complexity index is 152. The van der Waals surface area contributed by atoms with Crippen LogP contribution in [-0.2, 0) is 0 Å². The van der Waals surface area contributed by atoms with Crippen molar-refractivity contribution in [2.75, 3.05) is 7.05 Å². The number of piperidine rings is 1. The van der Waals surface area contributed by atoms with Crippen LogP contribution in [0.2, 0.25) is 0 Å². The minimum absolute atomic E-state index is 0. The summed E-state index contributed by atoms with van der Waals surface area (Å²) in [4.78, 5) is 2.53. The third-order valence-electron chi connectivity index (χ3n) is 3.51. The van der Waals surface area contributed by atoms with Crippen molar-refractivity contribution >= 4 is 0 Å². The van der Waals surface area contributed by atoms with Crippen LogP contribution in [0, 0.1) is 5.92 Å². The van der Waals surface area contributed by atoms with Crippen molar-refractivity contribution < 1.29 is 0 Å². The zero-order valence-electron chi connectivity index (χ0n) is 9.44. The van der Waals surface area contributed by atoms with Crippen LogP contribution in [0.3, 0.4) is 0 Å². The molecule has 0 bridgehead atoms. The molecule has 0 N–H and O–H groups in total. The highest BCUT2D eigenvalue weighted by Crippen LogP contribution is 2.39. The predicted molar refractivity (Wildman–Crippen MR) is 67.8 cm³/mol. The van der Waals surface area contributed by atoms with Gasteiger partial charge in [0.05, 0.1) is 0 Å². The lowest BCUT2D eigenvalue weighted by Crippen LogP contribution is -2.58.